The van der Waals surface area contributed by atoms with Gasteiger partial charge in [-0.05, 0) is 36.5 Å². The van der Waals surface area contributed by atoms with E-state index in [0.717, 1.165) is 22.6 Å². The largest absolute Gasteiger partial charge is 0.481 e. The highest BCUT2D eigenvalue weighted by atomic mass is 35.5. The second kappa shape index (κ2) is 3.28. The Morgan fingerprint density at radius 2 is 2.29 bits per heavy atom. The van der Waals surface area contributed by atoms with Gasteiger partial charge in [0.1, 0.15) is 0 Å². The topological polar surface area (TPSA) is 37.3 Å². The molecular formula is C11H11ClO2. The molecule has 1 saturated carbocycles. The SMILES string of the molecule is Cc1cc(C2CC2C(=O)O)ccc1Cl. The van der Waals surface area contributed by atoms with Crippen LogP contribution in [0.15, 0.2) is 18.2 Å². The van der Waals surface area contributed by atoms with Crippen molar-refractivity contribution in [2.24, 2.45) is 5.92 Å². The van der Waals surface area contributed by atoms with Crippen molar-refractivity contribution in [3.05, 3.63) is 34.3 Å². The van der Waals surface area contributed by atoms with E-state index in [1.165, 1.54) is 0 Å². The van der Waals surface area contributed by atoms with E-state index >= 15 is 0 Å². The second-order valence-corrected chi connectivity index (χ2v) is 4.20. The second-order valence-electron chi connectivity index (χ2n) is 3.80. The van der Waals surface area contributed by atoms with Gasteiger partial charge >= 0.3 is 5.97 Å². The quantitative estimate of drug-likeness (QED) is 0.815. The number of aliphatic carboxylic acids is 1. The van der Waals surface area contributed by atoms with Gasteiger partial charge in [0, 0.05) is 5.02 Å². The number of aryl methyl sites for hydroxylation is 1. The first kappa shape index (κ1) is 9.53. The highest BCUT2D eigenvalue weighted by molar-refractivity contribution is 6.31. The van der Waals surface area contributed by atoms with Crippen molar-refractivity contribution >= 4 is 17.6 Å². The van der Waals surface area contributed by atoms with E-state index in [4.69, 9.17) is 16.7 Å². The van der Waals surface area contributed by atoms with Gasteiger partial charge in [-0.3, -0.25) is 4.79 Å². The molecule has 1 aliphatic carbocycles. The first-order valence-corrected chi connectivity index (χ1v) is 4.96. The zero-order valence-electron chi connectivity index (χ0n) is 7.83. The maximum Gasteiger partial charge on any atom is 0.307 e. The number of rotatable bonds is 2. The van der Waals surface area contributed by atoms with Crippen molar-refractivity contribution < 1.29 is 9.90 Å². The predicted molar refractivity (Wildman–Crippen MR) is 54.7 cm³/mol. The van der Waals surface area contributed by atoms with Crippen molar-refractivity contribution in [1.29, 1.82) is 0 Å². The third-order valence-electron chi connectivity index (χ3n) is 2.72. The summed E-state index contributed by atoms with van der Waals surface area (Å²) in [5.74, 6) is -0.679. The lowest BCUT2D eigenvalue weighted by Crippen LogP contribution is -1.98. The molecular weight excluding hydrogens is 200 g/mol. The van der Waals surface area contributed by atoms with Gasteiger partial charge in [0.05, 0.1) is 5.92 Å². The Balaban J connectivity index is 2.20. The van der Waals surface area contributed by atoms with Gasteiger partial charge in [0.25, 0.3) is 0 Å². The zero-order chi connectivity index (χ0) is 10.3. The molecule has 0 radical (unpaired) electrons. The molecule has 0 amide bonds. The van der Waals surface area contributed by atoms with Gasteiger partial charge < -0.3 is 5.11 Å². The molecule has 0 aromatic heterocycles. The molecule has 0 aliphatic heterocycles. The molecule has 1 aromatic carbocycles. The lowest BCUT2D eigenvalue weighted by atomic mass is 10.1. The van der Waals surface area contributed by atoms with Crippen LogP contribution in [0.25, 0.3) is 0 Å². The van der Waals surface area contributed by atoms with Crippen LogP contribution in [0.5, 0.6) is 0 Å². The molecule has 2 rings (SSSR count). The molecule has 2 nitrogen and oxygen atoms in total. The number of carboxylic acids is 1. The van der Waals surface area contributed by atoms with E-state index in [9.17, 15) is 4.79 Å². The highest BCUT2D eigenvalue weighted by Crippen LogP contribution is 2.47. The van der Waals surface area contributed by atoms with Crippen LogP contribution in [0.3, 0.4) is 0 Å². The smallest absolute Gasteiger partial charge is 0.307 e. The minimum atomic E-state index is -0.692. The van der Waals surface area contributed by atoms with Crippen LogP contribution < -0.4 is 0 Å². The van der Waals surface area contributed by atoms with Crippen LogP contribution in [-0.2, 0) is 4.79 Å². The van der Waals surface area contributed by atoms with E-state index in [2.05, 4.69) is 0 Å². The van der Waals surface area contributed by atoms with Crippen LogP contribution in [0.4, 0.5) is 0 Å². The summed E-state index contributed by atoms with van der Waals surface area (Å²) in [6.07, 6.45) is 0.760. The average Bonchev–Trinajstić information content (AvgIpc) is 2.89. The first-order chi connectivity index (χ1) is 6.59. The molecule has 3 heteroatoms. The third-order valence-corrected chi connectivity index (χ3v) is 3.14. The van der Waals surface area contributed by atoms with Crippen LogP contribution in [-0.4, -0.2) is 11.1 Å². The summed E-state index contributed by atoms with van der Waals surface area (Å²) in [4.78, 5) is 10.7. The molecule has 0 heterocycles. The van der Waals surface area contributed by atoms with Gasteiger partial charge in [0.2, 0.25) is 0 Å². The summed E-state index contributed by atoms with van der Waals surface area (Å²) in [7, 11) is 0. The molecule has 1 N–H and O–H groups in total. The van der Waals surface area contributed by atoms with Crippen LogP contribution in [0.2, 0.25) is 5.02 Å². The van der Waals surface area contributed by atoms with Gasteiger partial charge in [0.15, 0.2) is 0 Å². The van der Waals surface area contributed by atoms with Crippen molar-refractivity contribution in [2.45, 2.75) is 19.3 Å². The summed E-state index contributed by atoms with van der Waals surface area (Å²) < 4.78 is 0. The lowest BCUT2D eigenvalue weighted by Gasteiger charge is -2.02. The third kappa shape index (κ3) is 1.62. The van der Waals surface area contributed by atoms with E-state index in [-0.39, 0.29) is 11.8 Å². The number of carbonyl (C=O) groups is 1. The fourth-order valence-corrected chi connectivity index (χ4v) is 1.85. The Hall–Kier alpha value is -1.02. The number of carboxylic acid groups (broad SMARTS) is 1. The Kier molecular flexibility index (Phi) is 2.23. The molecule has 2 atom stereocenters. The lowest BCUT2D eigenvalue weighted by molar-refractivity contribution is -0.138. The van der Waals surface area contributed by atoms with Gasteiger partial charge in [-0.25, -0.2) is 0 Å². The molecule has 0 saturated heterocycles. The highest BCUT2D eigenvalue weighted by Gasteiger charge is 2.44. The average molecular weight is 211 g/mol. The maximum atomic E-state index is 10.7. The molecule has 1 fully saturated rings. The fourth-order valence-electron chi connectivity index (χ4n) is 1.73. The van der Waals surface area contributed by atoms with Gasteiger partial charge in [-0.15, -0.1) is 0 Å². The molecule has 2 unspecified atom stereocenters. The summed E-state index contributed by atoms with van der Waals surface area (Å²) >= 11 is 5.89. The Morgan fingerprint density at radius 1 is 1.57 bits per heavy atom. The summed E-state index contributed by atoms with van der Waals surface area (Å²) in [5, 5.41) is 9.52. The number of benzene rings is 1. The Labute approximate surface area is 87.5 Å². The monoisotopic (exact) mass is 210 g/mol. The molecule has 1 aliphatic rings. The molecule has 74 valence electrons. The predicted octanol–water partition coefficient (Wildman–Crippen LogP) is 2.84. The van der Waals surface area contributed by atoms with Crippen molar-refractivity contribution in [2.75, 3.05) is 0 Å². The molecule has 1 aromatic rings. The summed E-state index contributed by atoms with van der Waals surface area (Å²) in [6, 6.07) is 5.74. The molecule has 0 bridgehead atoms. The molecule has 0 spiro atoms. The van der Waals surface area contributed by atoms with Crippen LogP contribution in [0, 0.1) is 12.8 Å². The van der Waals surface area contributed by atoms with Gasteiger partial charge in [-0.2, -0.15) is 0 Å². The van der Waals surface area contributed by atoms with E-state index in [1.807, 2.05) is 25.1 Å². The van der Waals surface area contributed by atoms with E-state index in [0.29, 0.717) is 0 Å². The number of hydrogen-bond donors (Lipinski definition) is 1. The van der Waals surface area contributed by atoms with E-state index < -0.39 is 5.97 Å². The van der Waals surface area contributed by atoms with Crippen molar-refractivity contribution in [1.82, 2.24) is 0 Å². The summed E-state index contributed by atoms with van der Waals surface area (Å²) in [5.41, 5.74) is 2.11. The molecule has 14 heavy (non-hydrogen) atoms. The van der Waals surface area contributed by atoms with Crippen molar-refractivity contribution in [3.63, 3.8) is 0 Å². The summed E-state index contributed by atoms with van der Waals surface area (Å²) in [6.45, 7) is 1.93. The standard InChI is InChI=1S/C11H11ClO2/c1-6-4-7(2-3-10(6)12)8-5-9(8)11(13)14/h2-4,8-9H,5H2,1H3,(H,13,14). The number of halogens is 1. The maximum absolute atomic E-state index is 10.7. The van der Waals surface area contributed by atoms with E-state index in [1.54, 1.807) is 0 Å². The van der Waals surface area contributed by atoms with Crippen LogP contribution >= 0.6 is 11.6 Å². The first-order valence-electron chi connectivity index (χ1n) is 4.58. The minimum absolute atomic E-state index is 0.185. The Bertz CT molecular complexity index is 387. The normalized spacial score (nSPS) is 24.7. The minimum Gasteiger partial charge on any atom is -0.481 e. The van der Waals surface area contributed by atoms with Gasteiger partial charge in [-0.1, -0.05) is 23.7 Å². The Morgan fingerprint density at radius 3 is 2.79 bits per heavy atom. The fraction of sp³-hybridized carbons (Fsp3) is 0.364. The van der Waals surface area contributed by atoms with Crippen molar-refractivity contribution in [3.8, 4) is 0 Å². The van der Waals surface area contributed by atoms with Crippen LogP contribution in [0.1, 0.15) is 23.5 Å². The zero-order valence-corrected chi connectivity index (χ0v) is 8.58. The number of hydrogen-bond acceptors (Lipinski definition) is 1.